The van der Waals surface area contributed by atoms with Crippen molar-refractivity contribution in [3.8, 4) is 0 Å². The van der Waals surface area contributed by atoms with E-state index in [1.165, 1.54) is 10.9 Å². The molecule has 114 valence electrons. The van der Waals surface area contributed by atoms with Gasteiger partial charge < -0.3 is 20.3 Å². The first-order valence-electron chi connectivity index (χ1n) is 7.81. The van der Waals surface area contributed by atoms with Gasteiger partial charge in [-0.2, -0.15) is 9.97 Å². The Morgan fingerprint density at radius 2 is 2.43 bits per heavy atom. The molecule has 0 unspecified atom stereocenters. The molecule has 4 atom stereocenters. The first-order chi connectivity index (χ1) is 11.2. The maximum absolute atomic E-state index is 9.46. The number of imidazole rings is 1. The summed E-state index contributed by atoms with van der Waals surface area (Å²) in [7, 11) is -2.62. The second-order valence-corrected chi connectivity index (χ2v) is 5.24. The lowest BCUT2D eigenvalue weighted by Crippen LogP contribution is -2.27. The molecule has 2 aromatic rings. The number of nitrogens with zero attached hydrogens (tertiary/aromatic N) is 4. The average Bonchev–Trinajstić information content (AvgIpc) is 3.00. The van der Waals surface area contributed by atoms with Crippen molar-refractivity contribution in [1.82, 2.24) is 19.5 Å². The van der Waals surface area contributed by atoms with Crippen molar-refractivity contribution in [3.63, 3.8) is 0 Å². The number of aliphatic hydroxyl groups excluding tert-OH is 1. The number of aromatic nitrogens is 4. The third-order valence-electron chi connectivity index (χ3n) is 3.69. The Balaban J connectivity index is 2.05. The molecule has 1 aliphatic rings. The Kier molecular flexibility index (Phi) is 2.85. The van der Waals surface area contributed by atoms with Crippen LogP contribution >= 0.6 is 11.6 Å². The van der Waals surface area contributed by atoms with E-state index >= 15 is 0 Å². The van der Waals surface area contributed by atoms with Crippen LogP contribution < -0.4 is 5.73 Å². The Bertz CT molecular complexity index is 755. The van der Waals surface area contributed by atoms with Gasteiger partial charge in [0.1, 0.15) is 11.6 Å². The van der Waals surface area contributed by atoms with Gasteiger partial charge in [0.25, 0.3) is 0 Å². The summed E-state index contributed by atoms with van der Waals surface area (Å²) in [4.78, 5) is 12.0. The van der Waals surface area contributed by atoms with E-state index in [2.05, 4.69) is 15.0 Å². The topological polar surface area (TPSA) is 108 Å². The van der Waals surface area contributed by atoms with E-state index in [1.807, 2.05) is 0 Å². The second-order valence-electron chi connectivity index (χ2n) is 4.89. The number of hydrogen-bond donors (Lipinski definition) is 2. The molecule has 1 aliphatic heterocycles. The minimum atomic E-state index is -2.62. The second kappa shape index (κ2) is 5.38. The van der Waals surface area contributed by atoms with E-state index in [9.17, 15) is 5.11 Å². The highest BCUT2D eigenvalue weighted by molar-refractivity contribution is 6.33. The Morgan fingerprint density at radius 1 is 1.62 bits per heavy atom. The van der Waals surface area contributed by atoms with Crippen LogP contribution in [0.2, 0.25) is 5.15 Å². The van der Waals surface area contributed by atoms with Crippen LogP contribution in [0.15, 0.2) is 6.33 Å². The van der Waals surface area contributed by atoms with E-state index in [-0.39, 0.29) is 23.6 Å². The van der Waals surface area contributed by atoms with Gasteiger partial charge in [-0.25, -0.2) is 4.98 Å². The van der Waals surface area contributed by atoms with Gasteiger partial charge in [-0.3, -0.25) is 4.57 Å². The fraction of sp³-hybridized carbons (Fsp3) is 0.583. The minimum Gasteiger partial charge on any atom is -0.394 e. The third-order valence-corrected chi connectivity index (χ3v) is 3.95. The fourth-order valence-corrected chi connectivity index (χ4v) is 2.75. The molecular formula is C12H16ClN5O3. The number of halogens is 1. The predicted octanol–water partition coefficient (Wildman–Crippen LogP) is 0.603. The van der Waals surface area contributed by atoms with Crippen LogP contribution in [0, 0.1) is 5.92 Å². The van der Waals surface area contributed by atoms with Crippen molar-refractivity contribution < 1.29 is 18.7 Å². The molecule has 2 aromatic heterocycles. The molecule has 3 rings (SSSR count). The van der Waals surface area contributed by atoms with E-state index in [0.29, 0.717) is 11.2 Å². The molecule has 0 spiro atoms. The van der Waals surface area contributed by atoms with Gasteiger partial charge in [0.15, 0.2) is 17.0 Å². The molecule has 3 heterocycles. The average molecular weight is 317 g/mol. The third kappa shape index (κ3) is 2.24. The largest absolute Gasteiger partial charge is 0.394 e. The molecule has 0 radical (unpaired) electrons. The van der Waals surface area contributed by atoms with Gasteiger partial charge in [0, 0.05) is 13.0 Å². The number of nitrogens with two attached hydrogens (primary N) is 1. The highest BCUT2D eigenvalue weighted by Gasteiger charge is 2.43. The molecule has 0 aromatic carbocycles. The van der Waals surface area contributed by atoms with Crippen molar-refractivity contribution in [3.05, 3.63) is 11.5 Å². The van der Waals surface area contributed by atoms with Crippen LogP contribution in [-0.2, 0) is 9.47 Å². The normalized spacial score (nSPS) is 32.0. The minimum absolute atomic E-state index is 0.0488. The number of hydrogen-bond acceptors (Lipinski definition) is 7. The number of anilines is 1. The number of ether oxygens (including phenoxy) is 2. The highest BCUT2D eigenvalue weighted by atomic mass is 35.5. The summed E-state index contributed by atoms with van der Waals surface area (Å²) in [5, 5.41) is 9.53. The fourth-order valence-electron chi connectivity index (χ4n) is 2.53. The van der Waals surface area contributed by atoms with Gasteiger partial charge in [-0.15, -0.1) is 0 Å². The van der Waals surface area contributed by atoms with Crippen molar-refractivity contribution in [2.75, 3.05) is 19.4 Å². The molecule has 0 bridgehead atoms. The first kappa shape index (κ1) is 11.1. The summed E-state index contributed by atoms with van der Waals surface area (Å²) in [6, 6.07) is 0. The quantitative estimate of drug-likeness (QED) is 0.798. The van der Waals surface area contributed by atoms with Gasteiger partial charge in [0.2, 0.25) is 5.95 Å². The summed E-state index contributed by atoms with van der Waals surface area (Å²) < 4.78 is 34.5. The summed E-state index contributed by atoms with van der Waals surface area (Å²) in [6.45, 7) is 1.47. The Hall–Kier alpha value is -1.48. The summed E-state index contributed by atoms with van der Waals surface area (Å²) >= 11 is 6.00. The zero-order valence-electron chi connectivity index (χ0n) is 14.1. The first-order valence-corrected chi connectivity index (χ1v) is 6.68. The van der Waals surface area contributed by atoms with Crippen LogP contribution in [0.5, 0.6) is 0 Å². The highest BCUT2D eigenvalue weighted by Crippen LogP contribution is 2.37. The number of fused-ring (bicyclic) bond motifs is 1. The molecule has 3 N–H and O–H groups in total. The van der Waals surface area contributed by atoms with Crippen LogP contribution in [0.25, 0.3) is 11.2 Å². The van der Waals surface area contributed by atoms with Crippen LogP contribution in [0.1, 0.15) is 17.3 Å². The van der Waals surface area contributed by atoms with E-state index in [4.69, 9.17) is 30.9 Å². The van der Waals surface area contributed by atoms with Gasteiger partial charge in [0.05, 0.1) is 23.2 Å². The molecular weight excluding hydrogens is 298 g/mol. The lowest BCUT2D eigenvalue weighted by molar-refractivity contribution is -0.0583. The molecule has 0 aliphatic carbocycles. The van der Waals surface area contributed by atoms with Gasteiger partial charge in [-0.05, 0) is 0 Å². The van der Waals surface area contributed by atoms with Crippen LogP contribution in [0.3, 0.4) is 0 Å². The number of methoxy groups -OCH3 is 1. The lowest BCUT2D eigenvalue weighted by atomic mass is 10.0. The molecule has 0 amide bonds. The molecule has 1 saturated heterocycles. The standard InChI is InChI=1S/C12H16ClN5O3/c1-5-6(3-19)21-11(8(5)20-2)18-4-15-7-9(13)16-12(14)17-10(7)18/h4-6,8,11,19H,3H2,1-2H3,(H2,14,16,17)/t5-,6-,8-,11-/m1/s1/i2D3. The van der Waals surface area contributed by atoms with Crippen LogP contribution in [-0.4, -0.2) is 50.5 Å². The molecule has 21 heavy (non-hydrogen) atoms. The number of aliphatic hydroxyl groups is 1. The van der Waals surface area contributed by atoms with Gasteiger partial charge in [-0.1, -0.05) is 18.5 Å². The van der Waals surface area contributed by atoms with E-state index < -0.39 is 25.5 Å². The molecule has 1 fully saturated rings. The smallest absolute Gasteiger partial charge is 0.223 e. The van der Waals surface area contributed by atoms with Crippen molar-refractivity contribution in [2.45, 2.75) is 25.4 Å². The molecule has 0 saturated carbocycles. The SMILES string of the molecule is [2H]C([2H])([2H])O[C@@H]1[C@H](C)[C@@H](CO)O[C@H]1n1cnc2c(Cl)nc(N)nc21. The number of rotatable bonds is 3. The monoisotopic (exact) mass is 316 g/mol. The van der Waals surface area contributed by atoms with Crippen molar-refractivity contribution in [1.29, 1.82) is 0 Å². The number of nitrogen functional groups attached to an aromatic ring is 1. The predicted molar refractivity (Wildman–Crippen MR) is 75.7 cm³/mol. The summed E-state index contributed by atoms with van der Waals surface area (Å²) in [5.41, 5.74) is 6.22. The zero-order valence-corrected chi connectivity index (χ0v) is 11.9. The maximum atomic E-state index is 9.46. The lowest BCUT2D eigenvalue weighted by Gasteiger charge is -2.20. The van der Waals surface area contributed by atoms with E-state index in [0.717, 1.165) is 0 Å². The van der Waals surface area contributed by atoms with Crippen molar-refractivity contribution >= 4 is 28.7 Å². The Morgan fingerprint density at radius 3 is 3.14 bits per heavy atom. The zero-order chi connectivity index (χ0) is 17.6. The van der Waals surface area contributed by atoms with E-state index in [1.54, 1.807) is 6.92 Å². The van der Waals surface area contributed by atoms with Gasteiger partial charge >= 0.3 is 0 Å². The Labute approximate surface area is 130 Å². The van der Waals surface area contributed by atoms with Crippen molar-refractivity contribution in [2.24, 2.45) is 5.92 Å². The maximum Gasteiger partial charge on any atom is 0.223 e. The van der Waals surface area contributed by atoms with Crippen LogP contribution in [0.4, 0.5) is 5.95 Å². The molecule has 9 heteroatoms. The summed E-state index contributed by atoms with van der Waals surface area (Å²) in [5.74, 6) is -0.417. The summed E-state index contributed by atoms with van der Waals surface area (Å²) in [6.07, 6.45) is -0.887. The molecule has 8 nitrogen and oxygen atoms in total.